The van der Waals surface area contributed by atoms with E-state index in [0.717, 1.165) is 12.8 Å². The van der Waals surface area contributed by atoms with Gasteiger partial charge in [0.15, 0.2) is 0 Å². The van der Waals surface area contributed by atoms with Crippen LogP contribution in [0.25, 0.3) is 0 Å². The van der Waals surface area contributed by atoms with Crippen LogP contribution in [0.2, 0.25) is 0 Å². The van der Waals surface area contributed by atoms with Crippen molar-refractivity contribution in [1.29, 1.82) is 0 Å². The van der Waals surface area contributed by atoms with Crippen LogP contribution in [0, 0.1) is 11.3 Å². The molecule has 0 aromatic carbocycles. The average Bonchev–Trinajstić information content (AvgIpc) is 2.23. The highest BCUT2D eigenvalue weighted by molar-refractivity contribution is 5.14. The third-order valence-corrected chi connectivity index (χ3v) is 4.16. The Balaban J connectivity index is 2.77. The van der Waals surface area contributed by atoms with Crippen LogP contribution in [0.5, 0.6) is 0 Å². The van der Waals surface area contributed by atoms with Crippen molar-refractivity contribution in [3.63, 3.8) is 0 Å². The molecule has 0 amide bonds. The SMILES string of the molecule is CC[C@@H](F)CC1(CC)C=C(C)C(C)CC1. The largest absolute Gasteiger partial charge is 0.247 e. The van der Waals surface area contributed by atoms with Crippen LogP contribution in [-0.2, 0) is 0 Å². The van der Waals surface area contributed by atoms with E-state index in [-0.39, 0.29) is 5.41 Å². The van der Waals surface area contributed by atoms with Crippen molar-refractivity contribution in [1.82, 2.24) is 0 Å². The van der Waals surface area contributed by atoms with E-state index in [1.165, 1.54) is 18.4 Å². The van der Waals surface area contributed by atoms with E-state index in [4.69, 9.17) is 0 Å². The first-order chi connectivity index (χ1) is 7.03. The molecule has 0 N–H and O–H groups in total. The van der Waals surface area contributed by atoms with Crippen LogP contribution in [0.3, 0.4) is 0 Å². The molecule has 0 saturated heterocycles. The quantitative estimate of drug-likeness (QED) is 0.582. The molecule has 0 saturated carbocycles. The molecule has 0 spiro atoms. The molecule has 1 aliphatic carbocycles. The zero-order chi connectivity index (χ0) is 11.5. The highest BCUT2D eigenvalue weighted by Gasteiger charge is 2.32. The number of allylic oxidation sites excluding steroid dienone is 2. The molecule has 2 unspecified atom stereocenters. The molecule has 0 aliphatic heterocycles. The van der Waals surface area contributed by atoms with Crippen LogP contribution in [0.4, 0.5) is 4.39 Å². The molecule has 1 heteroatoms. The monoisotopic (exact) mass is 212 g/mol. The van der Waals surface area contributed by atoms with E-state index in [2.05, 4.69) is 26.8 Å². The minimum atomic E-state index is -0.623. The molecule has 0 aromatic heterocycles. The first kappa shape index (κ1) is 12.7. The van der Waals surface area contributed by atoms with Crippen molar-refractivity contribution in [2.45, 2.75) is 66.0 Å². The van der Waals surface area contributed by atoms with Crippen LogP contribution in [-0.4, -0.2) is 6.17 Å². The van der Waals surface area contributed by atoms with Gasteiger partial charge in [-0.2, -0.15) is 0 Å². The Labute approximate surface area is 94.0 Å². The molecule has 1 aliphatic rings. The van der Waals surface area contributed by atoms with Gasteiger partial charge in [-0.3, -0.25) is 0 Å². The third kappa shape index (κ3) is 3.06. The second kappa shape index (κ2) is 5.14. The summed E-state index contributed by atoms with van der Waals surface area (Å²) in [6.45, 7) is 8.61. The Bertz CT molecular complexity index is 231. The summed E-state index contributed by atoms with van der Waals surface area (Å²) in [6.07, 6.45) is 6.60. The summed E-state index contributed by atoms with van der Waals surface area (Å²) >= 11 is 0. The van der Waals surface area contributed by atoms with E-state index < -0.39 is 6.17 Å². The maximum atomic E-state index is 13.5. The topological polar surface area (TPSA) is 0 Å². The van der Waals surface area contributed by atoms with Crippen molar-refractivity contribution in [2.24, 2.45) is 11.3 Å². The molecule has 0 fully saturated rings. The van der Waals surface area contributed by atoms with Gasteiger partial charge in [-0.15, -0.1) is 0 Å². The lowest BCUT2D eigenvalue weighted by molar-refractivity contribution is 0.179. The van der Waals surface area contributed by atoms with Gasteiger partial charge in [0.25, 0.3) is 0 Å². The lowest BCUT2D eigenvalue weighted by Gasteiger charge is -2.37. The normalized spacial score (nSPS) is 33.7. The molecule has 3 atom stereocenters. The summed E-state index contributed by atoms with van der Waals surface area (Å²) in [7, 11) is 0. The standard InChI is InChI=1S/C14H25F/c1-5-13(15)10-14(6-2)8-7-11(3)12(4)9-14/h9,11,13H,5-8,10H2,1-4H3/t11?,13-,14?/m1/s1. The number of hydrogen-bond acceptors (Lipinski definition) is 0. The van der Waals surface area contributed by atoms with E-state index in [1.807, 2.05) is 6.92 Å². The zero-order valence-electron chi connectivity index (χ0n) is 10.6. The molecule has 0 radical (unpaired) electrons. The Hall–Kier alpha value is -0.330. The first-order valence-corrected chi connectivity index (χ1v) is 6.36. The number of halogens is 1. The molecule has 15 heavy (non-hydrogen) atoms. The van der Waals surface area contributed by atoms with Crippen LogP contribution in [0.1, 0.15) is 59.8 Å². The van der Waals surface area contributed by atoms with E-state index >= 15 is 0 Å². The fraction of sp³-hybridized carbons (Fsp3) is 0.857. The Morgan fingerprint density at radius 2 is 2.20 bits per heavy atom. The van der Waals surface area contributed by atoms with Gasteiger partial charge < -0.3 is 0 Å². The molecule has 0 bridgehead atoms. The van der Waals surface area contributed by atoms with E-state index in [1.54, 1.807) is 0 Å². The lowest BCUT2D eigenvalue weighted by Crippen LogP contribution is -2.27. The Morgan fingerprint density at radius 3 is 2.67 bits per heavy atom. The molecule has 0 nitrogen and oxygen atoms in total. The number of rotatable bonds is 4. The fourth-order valence-corrected chi connectivity index (χ4v) is 2.60. The van der Waals surface area contributed by atoms with Crippen molar-refractivity contribution < 1.29 is 4.39 Å². The van der Waals surface area contributed by atoms with Crippen molar-refractivity contribution in [3.05, 3.63) is 11.6 Å². The number of hydrogen-bond donors (Lipinski definition) is 0. The van der Waals surface area contributed by atoms with Gasteiger partial charge in [-0.25, -0.2) is 4.39 Å². The average molecular weight is 212 g/mol. The van der Waals surface area contributed by atoms with Crippen molar-refractivity contribution >= 4 is 0 Å². The van der Waals surface area contributed by atoms with E-state index in [9.17, 15) is 4.39 Å². The summed E-state index contributed by atoms with van der Waals surface area (Å²) < 4.78 is 13.5. The molecule has 0 aromatic rings. The minimum absolute atomic E-state index is 0.159. The summed E-state index contributed by atoms with van der Waals surface area (Å²) in [5.41, 5.74) is 1.62. The zero-order valence-corrected chi connectivity index (χ0v) is 10.6. The molecular weight excluding hydrogens is 187 g/mol. The third-order valence-electron chi connectivity index (χ3n) is 4.16. The van der Waals surface area contributed by atoms with Gasteiger partial charge in [-0.05, 0) is 50.4 Å². The smallest absolute Gasteiger partial charge is 0.101 e. The minimum Gasteiger partial charge on any atom is -0.247 e. The van der Waals surface area contributed by atoms with Gasteiger partial charge >= 0.3 is 0 Å². The van der Waals surface area contributed by atoms with Crippen LogP contribution < -0.4 is 0 Å². The van der Waals surface area contributed by atoms with Gasteiger partial charge in [0.05, 0.1) is 0 Å². The van der Waals surface area contributed by atoms with Gasteiger partial charge in [0.2, 0.25) is 0 Å². The maximum Gasteiger partial charge on any atom is 0.101 e. The highest BCUT2D eigenvalue weighted by atomic mass is 19.1. The second-order valence-electron chi connectivity index (χ2n) is 5.25. The predicted molar refractivity (Wildman–Crippen MR) is 64.7 cm³/mol. The van der Waals surface area contributed by atoms with Gasteiger partial charge in [-0.1, -0.05) is 32.4 Å². The summed E-state index contributed by atoms with van der Waals surface area (Å²) in [6, 6.07) is 0. The predicted octanol–water partition coefficient (Wildman–Crippen LogP) is 4.90. The highest BCUT2D eigenvalue weighted by Crippen LogP contribution is 2.43. The van der Waals surface area contributed by atoms with Crippen molar-refractivity contribution in [2.75, 3.05) is 0 Å². The Kier molecular flexibility index (Phi) is 4.36. The van der Waals surface area contributed by atoms with Gasteiger partial charge in [0, 0.05) is 0 Å². The summed E-state index contributed by atoms with van der Waals surface area (Å²) in [4.78, 5) is 0. The second-order valence-corrected chi connectivity index (χ2v) is 5.25. The Morgan fingerprint density at radius 1 is 1.53 bits per heavy atom. The van der Waals surface area contributed by atoms with Gasteiger partial charge in [0.1, 0.15) is 6.17 Å². The molecule has 1 rings (SSSR count). The summed E-state index contributed by atoms with van der Waals surface area (Å²) in [5, 5.41) is 0. The lowest BCUT2D eigenvalue weighted by atomic mass is 9.69. The molecular formula is C14H25F. The van der Waals surface area contributed by atoms with Crippen LogP contribution >= 0.6 is 0 Å². The maximum absolute atomic E-state index is 13.5. The molecule has 88 valence electrons. The fourth-order valence-electron chi connectivity index (χ4n) is 2.60. The molecule has 0 heterocycles. The van der Waals surface area contributed by atoms with Crippen molar-refractivity contribution in [3.8, 4) is 0 Å². The van der Waals surface area contributed by atoms with E-state index in [0.29, 0.717) is 12.3 Å². The first-order valence-electron chi connectivity index (χ1n) is 6.36. The summed E-state index contributed by atoms with van der Waals surface area (Å²) in [5.74, 6) is 0.698. The van der Waals surface area contributed by atoms with Crippen LogP contribution in [0.15, 0.2) is 11.6 Å². The number of alkyl halides is 1.